The van der Waals surface area contributed by atoms with E-state index in [-0.39, 0.29) is 0 Å². The van der Waals surface area contributed by atoms with Gasteiger partial charge in [0.1, 0.15) is 0 Å². The van der Waals surface area contributed by atoms with E-state index in [9.17, 15) is 0 Å². The van der Waals surface area contributed by atoms with E-state index in [4.69, 9.17) is 0 Å². The van der Waals surface area contributed by atoms with Gasteiger partial charge in [0.25, 0.3) is 0 Å². The van der Waals surface area contributed by atoms with Crippen molar-refractivity contribution in [2.45, 2.75) is 51.6 Å². The van der Waals surface area contributed by atoms with Crippen LogP contribution in [0, 0.1) is 5.41 Å². The molecule has 14 heavy (non-hydrogen) atoms. The smallest absolute Gasteiger partial charge is 0.0192 e. The molecule has 2 atom stereocenters. The zero-order valence-corrected chi connectivity index (χ0v) is 9.84. The lowest BCUT2D eigenvalue weighted by Gasteiger charge is -2.39. The lowest BCUT2D eigenvalue weighted by atomic mass is 9.95. The van der Waals surface area contributed by atoms with E-state index in [1.54, 1.807) is 0 Å². The highest BCUT2D eigenvalue weighted by Gasteiger charge is 2.45. The van der Waals surface area contributed by atoms with Gasteiger partial charge in [0.2, 0.25) is 0 Å². The highest BCUT2D eigenvalue weighted by molar-refractivity contribution is 4.98. The SMILES string of the molecule is CNC1CCCN(C(C)C2(C)CC2)C1. The molecule has 0 amide bonds. The average Bonchev–Trinajstić information content (AvgIpc) is 2.97. The molecule has 2 heteroatoms. The summed E-state index contributed by atoms with van der Waals surface area (Å²) in [6.07, 6.45) is 5.60. The Bertz CT molecular complexity index is 198. The van der Waals surface area contributed by atoms with Gasteiger partial charge in [-0.25, -0.2) is 0 Å². The van der Waals surface area contributed by atoms with Crippen molar-refractivity contribution in [3.05, 3.63) is 0 Å². The monoisotopic (exact) mass is 196 g/mol. The molecule has 82 valence electrons. The highest BCUT2D eigenvalue weighted by Crippen LogP contribution is 2.50. The predicted molar refractivity (Wildman–Crippen MR) is 60.5 cm³/mol. The third-order valence-corrected chi connectivity index (χ3v) is 4.46. The van der Waals surface area contributed by atoms with Gasteiger partial charge in [-0.05, 0) is 51.6 Å². The average molecular weight is 196 g/mol. The van der Waals surface area contributed by atoms with Crippen LogP contribution in [0.3, 0.4) is 0 Å². The first-order valence-electron chi connectivity index (χ1n) is 6.07. The standard InChI is InChI=1S/C12H24N2/c1-10(12(2)6-7-12)14-8-4-5-11(9-14)13-3/h10-11,13H,4-9H2,1-3H3. The summed E-state index contributed by atoms with van der Waals surface area (Å²) in [6.45, 7) is 7.44. The maximum atomic E-state index is 3.42. The summed E-state index contributed by atoms with van der Waals surface area (Å²) in [5.74, 6) is 0. The molecule has 0 aromatic heterocycles. The van der Waals surface area contributed by atoms with Crippen molar-refractivity contribution in [3.63, 3.8) is 0 Å². The fourth-order valence-corrected chi connectivity index (χ4v) is 2.65. The molecule has 2 nitrogen and oxygen atoms in total. The Balaban J connectivity index is 1.90. The Morgan fingerprint density at radius 1 is 1.43 bits per heavy atom. The second-order valence-corrected chi connectivity index (χ2v) is 5.45. The van der Waals surface area contributed by atoms with E-state index in [1.807, 2.05) is 0 Å². The second-order valence-electron chi connectivity index (χ2n) is 5.45. The topological polar surface area (TPSA) is 15.3 Å². The van der Waals surface area contributed by atoms with Gasteiger partial charge >= 0.3 is 0 Å². The Morgan fingerprint density at radius 2 is 2.14 bits per heavy atom. The number of nitrogens with one attached hydrogen (secondary N) is 1. The molecule has 1 aliphatic carbocycles. The van der Waals surface area contributed by atoms with Crippen molar-refractivity contribution in [2.24, 2.45) is 5.41 Å². The van der Waals surface area contributed by atoms with Crippen molar-refractivity contribution in [1.82, 2.24) is 10.2 Å². The first-order valence-corrected chi connectivity index (χ1v) is 6.07. The van der Waals surface area contributed by atoms with Crippen molar-refractivity contribution >= 4 is 0 Å². The molecule has 2 rings (SSSR count). The van der Waals surface area contributed by atoms with Crippen molar-refractivity contribution < 1.29 is 0 Å². The fourth-order valence-electron chi connectivity index (χ4n) is 2.65. The molecule has 1 heterocycles. The summed E-state index contributed by atoms with van der Waals surface area (Å²) in [4.78, 5) is 2.69. The minimum atomic E-state index is 0.648. The van der Waals surface area contributed by atoms with Gasteiger partial charge in [0.05, 0.1) is 0 Å². The largest absolute Gasteiger partial charge is 0.316 e. The second kappa shape index (κ2) is 3.82. The van der Waals surface area contributed by atoms with Crippen LogP contribution >= 0.6 is 0 Å². The van der Waals surface area contributed by atoms with Gasteiger partial charge in [0.15, 0.2) is 0 Å². The lowest BCUT2D eigenvalue weighted by Crippen LogP contribution is -2.50. The zero-order valence-electron chi connectivity index (χ0n) is 9.84. The lowest BCUT2D eigenvalue weighted by molar-refractivity contribution is 0.107. The first kappa shape index (κ1) is 10.4. The minimum Gasteiger partial charge on any atom is -0.316 e. The van der Waals surface area contributed by atoms with E-state index in [0.717, 1.165) is 12.1 Å². The van der Waals surface area contributed by atoms with Gasteiger partial charge in [0, 0.05) is 18.6 Å². The Hall–Kier alpha value is -0.0800. The van der Waals surface area contributed by atoms with Crippen LogP contribution in [-0.2, 0) is 0 Å². The van der Waals surface area contributed by atoms with Gasteiger partial charge < -0.3 is 5.32 Å². The molecule has 0 aromatic rings. The van der Waals surface area contributed by atoms with Gasteiger partial charge in [-0.15, -0.1) is 0 Å². The summed E-state index contributed by atoms with van der Waals surface area (Å²) >= 11 is 0. The van der Waals surface area contributed by atoms with Gasteiger partial charge in [-0.3, -0.25) is 4.90 Å². The Kier molecular flexibility index (Phi) is 2.85. The maximum absolute atomic E-state index is 3.42. The summed E-state index contributed by atoms with van der Waals surface area (Å²) in [7, 11) is 2.09. The number of nitrogens with zero attached hydrogens (tertiary/aromatic N) is 1. The molecular formula is C12H24N2. The summed E-state index contributed by atoms with van der Waals surface area (Å²) in [6, 6.07) is 1.52. The minimum absolute atomic E-state index is 0.648. The van der Waals surface area contributed by atoms with Gasteiger partial charge in [-0.1, -0.05) is 6.92 Å². The normalized spacial score (nSPS) is 34.1. The summed E-state index contributed by atoms with van der Waals surface area (Å²) in [5.41, 5.74) is 0.648. The van der Waals surface area contributed by atoms with Crippen LogP contribution in [0.4, 0.5) is 0 Å². The van der Waals surface area contributed by atoms with Crippen LogP contribution in [0.2, 0.25) is 0 Å². The number of hydrogen-bond acceptors (Lipinski definition) is 2. The van der Waals surface area contributed by atoms with Crippen molar-refractivity contribution in [1.29, 1.82) is 0 Å². The van der Waals surface area contributed by atoms with E-state index in [2.05, 4.69) is 31.1 Å². The molecule has 2 unspecified atom stereocenters. The number of likely N-dealkylation sites (N-methyl/N-ethyl adjacent to an activating group) is 1. The van der Waals surface area contributed by atoms with Crippen LogP contribution in [0.1, 0.15) is 39.5 Å². The van der Waals surface area contributed by atoms with Crippen LogP contribution in [-0.4, -0.2) is 37.1 Å². The van der Waals surface area contributed by atoms with Crippen LogP contribution in [0.15, 0.2) is 0 Å². The Labute approximate surface area is 88.1 Å². The third kappa shape index (κ3) is 1.96. The molecule has 1 N–H and O–H groups in total. The van der Waals surface area contributed by atoms with E-state index >= 15 is 0 Å². The molecule has 0 radical (unpaired) electrons. The quantitative estimate of drug-likeness (QED) is 0.741. The first-order chi connectivity index (χ1) is 6.65. The number of likely N-dealkylation sites (tertiary alicyclic amines) is 1. The molecule has 1 saturated carbocycles. The molecule has 1 aliphatic heterocycles. The molecule has 0 aromatic carbocycles. The number of rotatable bonds is 3. The zero-order chi connectivity index (χ0) is 10.2. The van der Waals surface area contributed by atoms with E-state index in [1.165, 1.54) is 38.8 Å². The van der Waals surface area contributed by atoms with E-state index in [0.29, 0.717) is 5.41 Å². The van der Waals surface area contributed by atoms with Crippen LogP contribution < -0.4 is 5.32 Å². The van der Waals surface area contributed by atoms with Gasteiger partial charge in [-0.2, -0.15) is 0 Å². The molecular weight excluding hydrogens is 172 g/mol. The third-order valence-electron chi connectivity index (χ3n) is 4.46. The predicted octanol–water partition coefficient (Wildman–Crippen LogP) is 1.86. The van der Waals surface area contributed by atoms with Crippen LogP contribution in [0.25, 0.3) is 0 Å². The molecule has 0 spiro atoms. The number of piperidine rings is 1. The van der Waals surface area contributed by atoms with Crippen LogP contribution in [0.5, 0.6) is 0 Å². The Morgan fingerprint density at radius 3 is 2.71 bits per heavy atom. The fraction of sp³-hybridized carbons (Fsp3) is 1.00. The van der Waals surface area contributed by atoms with Crippen molar-refractivity contribution in [3.8, 4) is 0 Å². The highest BCUT2D eigenvalue weighted by atomic mass is 15.2. The number of hydrogen-bond donors (Lipinski definition) is 1. The van der Waals surface area contributed by atoms with Crippen molar-refractivity contribution in [2.75, 3.05) is 20.1 Å². The summed E-state index contributed by atoms with van der Waals surface area (Å²) in [5, 5.41) is 3.42. The molecule has 2 aliphatic rings. The summed E-state index contributed by atoms with van der Waals surface area (Å²) < 4.78 is 0. The molecule has 1 saturated heterocycles. The molecule has 0 bridgehead atoms. The molecule has 2 fully saturated rings. The van der Waals surface area contributed by atoms with E-state index < -0.39 is 0 Å². The maximum Gasteiger partial charge on any atom is 0.0192 e.